The zero-order valence-corrected chi connectivity index (χ0v) is 22.5. The Bertz CT molecular complexity index is 1590. The third-order valence-corrected chi connectivity index (χ3v) is 6.33. The molecule has 43 heavy (non-hydrogen) atoms. The molecule has 8 nitrogen and oxygen atoms in total. The molecule has 2 N–H and O–H groups in total. The van der Waals surface area contributed by atoms with Crippen molar-refractivity contribution in [3.63, 3.8) is 0 Å². The topological polar surface area (TPSA) is 101 Å². The first-order valence-electron chi connectivity index (χ1n) is 12.5. The lowest BCUT2D eigenvalue weighted by Crippen LogP contribution is -2.50. The summed E-state index contributed by atoms with van der Waals surface area (Å²) in [7, 11) is 1.48. The molecule has 4 aromatic rings. The highest BCUT2D eigenvalue weighted by atomic mass is 19.4. The Kier molecular flexibility index (Phi) is 8.56. The second-order valence-corrected chi connectivity index (χ2v) is 9.34. The number of carbonyl (C=O) groups is 1. The highest BCUT2D eigenvalue weighted by molar-refractivity contribution is 5.91. The molecule has 3 aromatic carbocycles. The molecular weight excluding hydrogens is 580 g/mol. The van der Waals surface area contributed by atoms with Gasteiger partial charge in [0.25, 0.3) is 0 Å². The molecule has 0 bridgehead atoms. The van der Waals surface area contributed by atoms with E-state index in [1.807, 2.05) is 6.07 Å². The number of halogens is 6. The van der Waals surface area contributed by atoms with E-state index in [2.05, 4.69) is 25.2 Å². The van der Waals surface area contributed by atoms with Crippen LogP contribution in [0.25, 0.3) is 0 Å². The fourth-order valence-corrected chi connectivity index (χ4v) is 4.65. The van der Waals surface area contributed by atoms with E-state index in [1.165, 1.54) is 36.0 Å². The summed E-state index contributed by atoms with van der Waals surface area (Å²) in [5, 5.41) is 19.0. The van der Waals surface area contributed by atoms with Gasteiger partial charge in [0.05, 0.1) is 11.2 Å². The fourth-order valence-electron chi connectivity index (χ4n) is 4.65. The normalized spacial score (nSPS) is 11.9. The highest BCUT2D eigenvalue weighted by Crippen LogP contribution is 2.38. The van der Waals surface area contributed by atoms with Crippen LogP contribution < -0.4 is 20.1 Å². The monoisotopic (exact) mass is 603 g/mol. The van der Waals surface area contributed by atoms with Gasteiger partial charge in [-0.1, -0.05) is 54.6 Å². The van der Waals surface area contributed by atoms with Gasteiger partial charge < -0.3 is 14.8 Å². The maximum absolute atomic E-state index is 13.6. The van der Waals surface area contributed by atoms with Gasteiger partial charge >= 0.3 is 18.8 Å². The average Bonchev–Trinajstić information content (AvgIpc) is 3.18. The Balaban J connectivity index is 1.92. The smallest absolute Gasteiger partial charge is 0.406 e. The van der Waals surface area contributed by atoms with Crippen molar-refractivity contribution in [2.45, 2.75) is 31.6 Å². The quantitative estimate of drug-likeness (QED) is 0.218. The summed E-state index contributed by atoms with van der Waals surface area (Å²) in [5.41, 5.74) is -0.765. The first-order valence-corrected chi connectivity index (χ1v) is 12.5. The third kappa shape index (κ3) is 7.56. The maximum atomic E-state index is 13.6. The number of aryl methyl sites for hydroxylation is 2. The van der Waals surface area contributed by atoms with Crippen LogP contribution in [0.3, 0.4) is 0 Å². The number of hydrogen-bond donors (Lipinski definition) is 2. The van der Waals surface area contributed by atoms with Crippen molar-refractivity contribution in [1.82, 2.24) is 15.1 Å². The Morgan fingerprint density at radius 2 is 1.42 bits per heavy atom. The number of nitriles is 1. The van der Waals surface area contributed by atoms with Crippen LogP contribution in [0, 0.1) is 18.3 Å². The third-order valence-electron chi connectivity index (χ3n) is 6.33. The van der Waals surface area contributed by atoms with E-state index in [1.54, 1.807) is 37.3 Å². The van der Waals surface area contributed by atoms with Crippen LogP contribution in [0.1, 0.15) is 27.9 Å². The Hall–Kier alpha value is -5.19. The van der Waals surface area contributed by atoms with Crippen LogP contribution in [-0.2, 0) is 19.0 Å². The van der Waals surface area contributed by atoms with E-state index in [0.29, 0.717) is 11.3 Å². The van der Waals surface area contributed by atoms with Gasteiger partial charge in [-0.05, 0) is 47.9 Å². The van der Waals surface area contributed by atoms with Gasteiger partial charge in [-0.25, -0.2) is 4.79 Å². The molecule has 224 valence electrons. The summed E-state index contributed by atoms with van der Waals surface area (Å²) in [6.07, 6.45) is -10.2. The summed E-state index contributed by atoms with van der Waals surface area (Å²) in [4.78, 5) is 13.6. The molecule has 14 heteroatoms. The summed E-state index contributed by atoms with van der Waals surface area (Å²) < 4.78 is 88.4. The van der Waals surface area contributed by atoms with Crippen molar-refractivity contribution < 1.29 is 40.6 Å². The molecule has 0 unspecified atom stereocenters. The maximum Gasteiger partial charge on any atom is 0.573 e. The van der Waals surface area contributed by atoms with Crippen molar-refractivity contribution in [2.75, 3.05) is 5.32 Å². The first-order chi connectivity index (χ1) is 20.2. The molecular formula is C29H23F6N5O3. The molecule has 0 radical (unpaired) electrons. The van der Waals surface area contributed by atoms with Crippen LogP contribution in [0.15, 0.2) is 78.9 Å². The number of anilines is 1. The van der Waals surface area contributed by atoms with Gasteiger partial charge in [0, 0.05) is 13.5 Å². The SMILES string of the molecule is Cc1nn(C)c(NC(=O)NC(Cc2ccccc2)(c2cccc(OC(F)(F)F)c2)c2cccc(OC(F)(F)F)c2)c1C#N. The Morgan fingerprint density at radius 1 is 0.884 bits per heavy atom. The van der Waals surface area contributed by atoms with Gasteiger partial charge in [0.2, 0.25) is 0 Å². The lowest BCUT2D eigenvalue weighted by molar-refractivity contribution is -0.275. The molecule has 1 heterocycles. The number of amides is 2. The minimum absolute atomic E-state index is 0.0226. The second kappa shape index (κ2) is 12.0. The zero-order valence-electron chi connectivity index (χ0n) is 22.5. The lowest BCUT2D eigenvalue weighted by atomic mass is 9.77. The minimum atomic E-state index is -5.04. The molecule has 0 spiro atoms. The minimum Gasteiger partial charge on any atom is -0.406 e. The van der Waals surface area contributed by atoms with Gasteiger partial charge in [-0.2, -0.15) is 10.4 Å². The number of nitrogens with one attached hydrogen (secondary N) is 2. The Labute approximate surface area is 241 Å². The van der Waals surface area contributed by atoms with Crippen LogP contribution in [0.2, 0.25) is 0 Å². The second-order valence-electron chi connectivity index (χ2n) is 9.34. The zero-order chi connectivity index (χ0) is 31.4. The largest absolute Gasteiger partial charge is 0.573 e. The molecule has 0 atom stereocenters. The van der Waals surface area contributed by atoms with Crippen molar-refractivity contribution in [2.24, 2.45) is 7.05 Å². The number of nitrogens with zero attached hydrogens (tertiary/aromatic N) is 3. The summed E-state index contributed by atoms with van der Waals surface area (Å²) in [6.45, 7) is 1.56. The van der Waals surface area contributed by atoms with E-state index in [9.17, 15) is 36.4 Å². The van der Waals surface area contributed by atoms with Crippen LogP contribution >= 0.6 is 0 Å². The van der Waals surface area contributed by atoms with Crippen molar-refractivity contribution in [1.29, 1.82) is 5.26 Å². The molecule has 0 aliphatic rings. The molecule has 2 amide bonds. The summed E-state index contributed by atoms with van der Waals surface area (Å²) in [5.74, 6) is -1.22. The van der Waals surface area contributed by atoms with Gasteiger partial charge in [-0.15, -0.1) is 26.3 Å². The predicted octanol–water partition coefficient (Wildman–Crippen LogP) is 6.71. The molecule has 0 aliphatic heterocycles. The number of ether oxygens (including phenoxy) is 2. The molecule has 4 rings (SSSR count). The van der Waals surface area contributed by atoms with E-state index in [-0.39, 0.29) is 28.9 Å². The number of carbonyl (C=O) groups excluding carboxylic acids is 1. The van der Waals surface area contributed by atoms with Crippen LogP contribution in [0.4, 0.5) is 37.0 Å². The molecule has 0 saturated heterocycles. The molecule has 1 aromatic heterocycles. The number of benzene rings is 3. The number of hydrogen-bond acceptors (Lipinski definition) is 5. The number of urea groups is 1. The summed E-state index contributed by atoms with van der Waals surface area (Å²) >= 11 is 0. The number of aromatic nitrogens is 2. The molecule has 0 fully saturated rings. The van der Waals surface area contributed by atoms with Gasteiger partial charge in [0.1, 0.15) is 28.9 Å². The van der Waals surface area contributed by atoms with Crippen molar-refractivity contribution in [3.05, 3.63) is 107 Å². The Morgan fingerprint density at radius 3 is 1.91 bits per heavy atom. The number of alkyl halides is 6. The van der Waals surface area contributed by atoms with E-state index < -0.39 is 35.8 Å². The fraction of sp³-hybridized carbons (Fsp3) is 0.207. The van der Waals surface area contributed by atoms with Crippen LogP contribution in [-0.4, -0.2) is 28.5 Å². The molecule has 0 saturated carbocycles. The average molecular weight is 604 g/mol. The van der Waals surface area contributed by atoms with Gasteiger partial charge in [0.15, 0.2) is 0 Å². The predicted molar refractivity (Wildman–Crippen MR) is 142 cm³/mol. The summed E-state index contributed by atoms with van der Waals surface area (Å²) in [6, 6.07) is 18.9. The van der Waals surface area contributed by atoms with Gasteiger partial charge in [-0.3, -0.25) is 10.00 Å². The van der Waals surface area contributed by atoms with Crippen molar-refractivity contribution in [3.8, 4) is 17.6 Å². The van der Waals surface area contributed by atoms with E-state index in [0.717, 1.165) is 24.3 Å². The van der Waals surface area contributed by atoms with Crippen molar-refractivity contribution >= 4 is 11.8 Å². The standard InChI is InChI=1S/C29H23F6N5O3/c1-18-24(17-36)25(40(2)39-18)37-26(41)38-27(16-19-8-4-3-5-9-19,20-10-6-12-22(14-20)42-28(30,31)32)21-11-7-13-23(15-21)43-29(33,34)35/h3-15H,16H2,1-2H3,(H2,37,38,41). The first kappa shape index (κ1) is 30.8. The molecule has 0 aliphatic carbocycles. The highest BCUT2D eigenvalue weighted by Gasteiger charge is 2.39. The number of rotatable bonds is 8. The lowest BCUT2D eigenvalue weighted by Gasteiger charge is -2.37. The van der Waals surface area contributed by atoms with Crippen LogP contribution in [0.5, 0.6) is 11.5 Å². The van der Waals surface area contributed by atoms with E-state index in [4.69, 9.17) is 0 Å². The van der Waals surface area contributed by atoms with E-state index >= 15 is 0 Å².